The molecular formula is C14H22N2OS. The summed E-state index contributed by atoms with van der Waals surface area (Å²) in [5, 5.41) is 0. The summed E-state index contributed by atoms with van der Waals surface area (Å²) in [6.45, 7) is 2.95. The van der Waals surface area contributed by atoms with Gasteiger partial charge in [0.2, 0.25) is 5.91 Å². The molecule has 1 aromatic rings. The lowest BCUT2D eigenvalue weighted by Crippen LogP contribution is -2.36. The Morgan fingerprint density at radius 1 is 1.61 bits per heavy atom. The van der Waals surface area contributed by atoms with Crippen molar-refractivity contribution in [1.29, 1.82) is 0 Å². The van der Waals surface area contributed by atoms with E-state index in [1.54, 1.807) is 11.8 Å². The first-order valence-corrected chi connectivity index (χ1v) is 7.95. The van der Waals surface area contributed by atoms with E-state index in [-0.39, 0.29) is 12.0 Å². The number of nitrogens with zero attached hydrogens (tertiary/aromatic N) is 2. The quantitative estimate of drug-likeness (QED) is 0.837. The predicted molar refractivity (Wildman–Crippen MR) is 76.6 cm³/mol. The Labute approximate surface area is 114 Å². The van der Waals surface area contributed by atoms with E-state index in [4.69, 9.17) is 0 Å². The number of hydrogen-bond donors (Lipinski definition) is 0. The molecular weight excluding hydrogens is 244 g/mol. The molecule has 4 heteroatoms. The van der Waals surface area contributed by atoms with Crippen molar-refractivity contribution in [2.75, 3.05) is 18.6 Å². The molecule has 0 radical (unpaired) electrons. The van der Waals surface area contributed by atoms with Crippen LogP contribution in [-0.2, 0) is 11.8 Å². The predicted octanol–water partition coefficient (Wildman–Crippen LogP) is 2.69. The maximum absolute atomic E-state index is 12.5. The van der Waals surface area contributed by atoms with Crippen LogP contribution in [0, 0.1) is 5.92 Å². The van der Waals surface area contributed by atoms with E-state index in [9.17, 15) is 4.79 Å². The molecule has 1 aliphatic heterocycles. The average Bonchev–Trinajstić information content (AvgIpc) is 2.96. The highest BCUT2D eigenvalue weighted by molar-refractivity contribution is 7.98. The van der Waals surface area contributed by atoms with Gasteiger partial charge in [-0.05, 0) is 31.2 Å². The molecule has 1 amide bonds. The van der Waals surface area contributed by atoms with Gasteiger partial charge in [0.1, 0.15) is 0 Å². The molecule has 2 atom stereocenters. The van der Waals surface area contributed by atoms with Gasteiger partial charge >= 0.3 is 0 Å². The summed E-state index contributed by atoms with van der Waals surface area (Å²) >= 11 is 1.75. The zero-order valence-corrected chi connectivity index (χ0v) is 12.2. The monoisotopic (exact) mass is 266 g/mol. The molecule has 100 valence electrons. The highest BCUT2D eigenvalue weighted by Crippen LogP contribution is 2.33. The zero-order valence-electron chi connectivity index (χ0n) is 11.4. The fraction of sp³-hybridized carbons (Fsp3) is 0.643. The Balaban J connectivity index is 2.13. The highest BCUT2D eigenvalue weighted by Gasteiger charge is 2.33. The van der Waals surface area contributed by atoms with Crippen molar-refractivity contribution in [2.45, 2.75) is 25.8 Å². The van der Waals surface area contributed by atoms with E-state index in [2.05, 4.69) is 41.1 Å². The van der Waals surface area contributed by atoms with Crippen molar-refractivity contribution in [3.8, 4) is 0 Å². The number of carbonyl (C=O) groups excluding carboxylic acids is 1. The van der Waals surface area contributed by atoms with Crippen molar-refractivity contribution >= 4 is 17.7 Å². The highest BCUT2D eigenvalue weighted by atomic mass is 32.2. The first kappa shape index (κ1) is 13.5. The second kappa shape index (κ2) is 5.83. The number of carbonyl (C=O) groups is 1. The molecule has 0 bridgehead atoms. The zero-order chi connectivity index (χ0) is 13.1. The molecule has 1 aliphatic rings. The number of rotatable bonds is 4. The summed E-state index contributed by atoms with van der Waals surface area (Å²) in [5.41, 5.74) is 1.26. The Kier molecular flexibility index (Phi) is 4.38. The van der Waals surface area contributed by atoms with Crippen molar-refractivity contribution in [1.82, 2.24) is 9.47 Å². The third-order valence-corrected chi connectivity index (χ3v) is 4.53. The van der Waals surface area contributed by atoms with Crippen LogP contribution in [0.1, 0.15) is 31.5 Å². The summed E-state index contributed by atoms with van der Waals surface area (Å²) in [7, 11) is 2.06. The van der Waals surface area contributed by atoms with Gasteiger partial charge in [-0.1, -0.05) is 6.92 Å². The normalized spacial score (nSPS) is 21.3. The molecule has 0 spiro atoms. The SMILES string of the molecule is CSCC(C)C(=O)N1CCCC1c1cccn1C. The molecule has 3 nitrogen and oxygen atoms in total. The van der Waals surface area contributed by atoms with Crippen LogP contribution in [0.15, 0.2) is 18.3 Å². The van der Waals surface area contributed by atoms with Crippen molar-refractivity contribution < 1.29 is 4.79 Å². The second-order valence-corrected chi connectivity index (χ2v) is 6.00. The second-order valence-electron chi connectivity index (χ2n) is 5.09. The molecule has 1 aromatic heterocycles. The van der Waals surface area contributed by atoms with Crippen LogP contribution in [-0.4, -0.2) is 33.9 Å². The molecule has 2 unspecified atom stereocenters. The minimum atomic E-state index is 0.126. The third kappa shape index (κ3) is 2.58. The Hall–Kier alpha value is -0.900. The Bertz CT molecular complexity index is 416. The molecule has 1 saturated heterocycles. The molecule has 2 heterocycles. The van der Waals surface area contributed by atoms with E-state index >= 15 is 0 Å². The average molecular weight is 266 g/mol. The molecule has 0 aliphatic carbocycles. The molecule has 0 aromatic carbocycles. The lowest BCUT2D eigenvalue weighted by Gasteiger charge is -2.27. The van der Waals surface area contributed by atoms with Gasteiger partial charge in [0.25, 0.3) is 0 Å². The fourth-order valence-electron chi connectivity index (χ4n) is 2.76. The van der Waals surface area contributed by atoms with Gasteiger partial charge in [-0.15, -0.1) is 0 Å². The van der Waals surface area contributed by atoms with Crippen LogP contribution in [0.25, 0.3) is 0 Å². The van der Waals surface area contributed by atoms with Crippen LogP contribution >= 0.6 is 11.8 Å². The molecule has 18 heavy (non-hydrogen) atoms. The molecule has 2 rings (SSSR count). The van der Waals surface area contributed by atoms with Gasteiger partial charge in [0, 0.05) is 37.2 Å². The van der Waals surface area contributed by atoms with Gasteiger partial charge in [-0.25, -0.2) is 0 Å². The summed E-state index contributed by atoms with van der Waals surface area (Å²) < 4.78 is 2.13. The summed E-state index contributed by atoms with van der Waals surface area (Å²) in [6.07, 6.45) is 6.33. The van der Waals surface area contributed by atoms with Gasteiger partial charge in [0.05, 0.1) is 6.04 Å². The minimum absolute atomic E-state index is 0.126. The van der Waals surface area contributed by atoms with Crippen LogP contribution in [0.3, 0.4) is 0 Å². The number of likely N-dealkylation sites (tertiary alicyclic amines) is 1. The van der Waals surface area contributed by atoms with Gasteiger partial charge < -0.3 is 9.47 Å². The summed E-state index contributed by atoms with van der Waals surface area (Å²) in [6, 6.07) is 4.47. The largest absolute Gasteiger partial charge is 0.353 e. The first-order valence-electron chi connectivity index (χ1n) is 6.55. The third-order valence-electron chi connectivity index (χ3n) is 3.70. The van der Waals surface area contributed by atoms with Gasteiger partial charge in [-0.3, -0.25) is 4.79 Å². The number of amides is 1. The number of aromatic nitrogens is 1. The van der Waals surface area contributed by atoms with Crippen LogP contribution < -0.4 is 0 Å². The number of thioether (sulfide) groups is 1. The van der Waals surface area contributed by atoms with Crippen LogP contribution in [0.4, 0.5) is 0 Å². The lowest BCUT2D eigenvalue weighted by molar-refractivity contribution is -0.135. The summed E-state index contributed by atoms with van der Waals surface area (Å²) in [5.74, 6) is 1.35. The fourth-order valence-corrected chi connectivity index (χ4v) is 3.41. The summed E-state index contributed by atoms with van der Waals surface area (Å²) in [4.78, 5) is 14.5. The smallest absolute Gasteiger partial charge is 0.226 e. The molecule has 1 fully saturated rings. The first-order chi connectivity index (χ1) is 8.65. The molecule has 0 N–H and O–H groups in total. The van der Waals surface area contributed by atoms with E-state index in [1.165, 1.54) is 5.69 Å². The van der Waals surface area contributed by atoms with E-state index in [0.29, 0.717) is 5.91 Å². The molecule has 0 saturated carbocycles. The number of hydrogen-bond acceptors (Lipinski definition) is 2. The maximum atomic E-state index is 12.5. The van der Waals surface area contributed by atoms with Crippen LogP contribution in [0.2, 0.25) is 0 Å². The van der Waals surface area contributed by atoms with Gasteiger partial charge in [-0.2, -0.15) is 11.8 Å². The minimum Gasteiger partial charge on any atom is -0.353 e. The van der Waals surface area contributed by atoms with Crippen molar-refractivity contribution in [3.05, 3.63) is 24.0 Å². The van der Waals surface area contributed by atoms with Crippen molar-refractivity contribution in [2.24, 2.45) is 13.0 Å². The Morgan fingerprint density at radius 3 is 3.00 bits per heavy atom. The van der Waals surface area contributed by atoms with E-state index in [1.807, 2.05) is 6.92 Å². The Morgan fingerprint density at radius 2 is 2.39 bits per heavy atom. The topological polar surface area (TPSA) is 25.2 Å². The van der Waals surface area contributed by atoms with Crippen LogP contribution in [0.5, 0.6) is 0 Å². The maximum Gasteiger partial charge on any atom is 0.226 e. The number of aryl methyl sites for hydroxylation is 1. The van der Waals surface area contributed by atoms with Gasteiger partial charge in [0.15, 0.2) is 0 Å². The lowest BCUT2D eigenvalue weighted by atomic mass is 10.1. The van der Waals surface area contributed by atoms with E-state index < -0.39 is 0 Å². The standard InChI is InChI=1S/C14H22N2OS/c1-11(10-18-3)14(17)16-9-5-7-13(16)12-6-4-8-15(12)2/h4,6,8,11,13H,5,7,9-10H2,1-3H3. The van der Waals surface area contributed by atoms with Crippen molar-refractivity contribution in [3.63, 3.8) is 0 Å². The van der Waals surface area contributed by atoms with E-state index in [0.717, 1.165) is 25.1 Å².